The molecule has 0 bridgehead atoms. The zero-order valence-corrected chi connectivity index (χ0v) is 13.6. The number of carbonyl (C=O) groups excluding carboxylic acids is 3. The monoisotopic (exact) mass is 320 g/mol. The number of imide groups is 1. The van der Waals surface area contributed by atoms with Crippen LogP contribution in [0.15, 0.2) is 0 Å². The first-order valence-electron chi connectivity index (χ1n) is 7.00. The molecule has 8 heteroatoms. The predicted octanol–water partition coefficient (Wildman–Crippen LogP) is 0.245. The van der Waals surface area contributed by atoms with Crippen molar-refractivity contribution in [3.05, 3.63) is 0 Å². The number of likely N-dealkylation sites (N-methyl/N-ethyl adjacent to an activating group) is 1. The first-order chi connectivity index (χ1) is 9.38. The van der Waals surface area contributed by atoms with Crippen LogP contribution in [-0.2, 0) is 9.59 Å². The molecule has 0 radical (unpaired) electrons. The van der Waals surface area contributed by atoms with Crippen LogP contribution in [-0.4, -0.2) is 54.5 Å². The van der Waals surface area contributed by atoms with Gasteiger partial charge in [-0.1, -0.05) is 6.92 Å². The SMILES string of the molecule is CCNCCNC(=O)CCCN1C(=O)NC(C)(C)C1=O.Cl. The van der Waals surface area contributed by atoms with E-state index in [2.05, 4.69) is 16.0 Å². The molecule has 1 heterocycles. The van der Waals surface area contributed by atoms with Gasteiger partial charge in [-0.15, -0.1) is 12.4 Å². The molecule has 0 spiro atoms. The first kappa shape index (κ1) is 19.7. The fraction of sp³-hybridized carbons (Fsp3) is 0.769. The Labute approximate surface area is 131 Å². The highest BCUT2D eigenvalue weighted by Gasteiger charge is 2.43. The topological polar surface area (TPSA) is 90.5 Å². The van der Waals surface area contributed by atoms with Crippen molar-refractivity contribution in [2.75, 3.05) is 26.2 Å². The average molecular weight is 321 g/mol. The van der Waals surface area contributed by atoms with Crippen LogP contribution in [0, 0.1) is 0 Å². The standard InChI is InChI=1S/C13H24N4O3.ClH/c1-4-14-7-8-15-10(18)6-5-9-17-11(19)13(2,3)16-12(17)20;/h14H,4-9H2,1-3H3,(H,15,18)(H,16,20);1H. The lowest BCUT2D eigenvalue weighted by atomic mass is 10.1. The van der Waals surface area contributed by atoms with Crippen LogP contribution in [0.1, 0.15) is 33.6 Å². The van der Waals surface area contributed by atoms with E-state index >= 15 is 0 Å². The van der Waals surface area contributed by atoms with Gasteiger partial charge in [-0.2, -0.15) is 0 Å². The van der Waals surface area contributed by atoms with Gasteiger partial charge in [-0.3, -0.25) is 14.5 Å². The van der Waals surface area contributed by atoms with E-state index in [9.17, 15) is 14.4 Å². The number of rotatable bonds is 8. The number of hydrogen-bond acceptors (Lipinski definition) is 4. The van der Waals surface area contributed by atoms with E-state index in [0.29, 0.717) is 19.4 Å². The Morgan fingerprint density at radius 3 is 2.48 bits per heavy atom. The quantitative estimate of drug-likeness (QED) is 0.441. The number of hydrogen-bond donors (Lipinski definition) is 3. The van der Waals surface area contributed by atoms with Gasteiger partial charge in [-0.25, -0.2) is 4.79 Å². The summed E-state index contributed by atoms with van der Waals surface area (Å²) < 4.78 is 0. The van der Waals surface area contributed by atoms with Crippen molar-refractivity contribution in [3.8, 4) is 0 Å². The molecule has 0 unspecified atom stereocenters. The molecular weight excluding hydrogens is 296 g/mol. The Morgan fingerprint density at radius 2 is 1.95 bits per heavy atom. The molecule has 122 valence electrons. The summed E-state index contributed by atoms with van der Waals surface area (Å²) >= 11 is 0. The lowest BCUT2D eigenvalue weighted by Crippen LogP contribution is -2.40. The van der Waals surface area contributed by atoms with Crippen molar-refractivity contribution in [1.82, 2.24) is 20.9 Å². The van der Waals surface area contributed by atoms with Gasteiger partial charge >= 0.3 is 6.03 Å². The van der Waals surface area contributed by atoms with Crippen molar-refractivity contribution in [1.29, 1.82) is 0 Å². The molecule has 0 aromatic heterocycles. The fourth-order valence-electron chi connectivity index (χ4n) is 1.97. The zero-order chi connectivity index (χ0) is 15.2. The van der Waals surface area contributed by atoms with Crippen molar-refractivity contribution in [2.24, 2.45) is 0 Å². The molecule has 0 aliphatic carbocycles. The molecule has 4 amide bonds. The average Bonchev–Trinajstić information content (AvgIpc) is 2.56. The lowest BCUT2D eigenvalue weighted by molar-refractivity contribution is -0.130. The van der Waals surface area contributed by atoms with E-state index in [1.54, 1.807) is 13.8 Å². The molecule has 7 nitrogen and oxygen atoms in total. The minimum Gasteiger partial charge on any atom is -0.355 e. The van der Waals surface area contributed by atoms with Crippen LogP contribution in [0.4, 0.5) is 4.79 Å². The van der Waals surface area contributed by atoms with Gasteiger partial charge in [0.25, 0.3) is 5.91 Å². The number of urea groups is 1. The van der Waals surface area contributed by atoms with Crippen molar-refractivity contribution in [3.63, 3.8) is 0 Å². The van der Waals surface area contributed by atoms with Gasteiger partial charge in [0.2, 0.25) is 5.91 Å². The maximum atomic E-state index is 11.9. The third kappa shape index (κ3) is 5.89. The molecule has 21 heavy (non-hydrogen) atoms. The van der Waals surface area contributed by atoms with Crippen LogP contribution >= 0.6 is 12.4 Å². The Kier molecular flexibility index (Phi) is 8.27. The summed E-state index contributed by atoms with van der Waals surface area (Å²) in [6.45, 7) is 7.81. The fourth-order valence-corrected chi connectivity index (χ4v) is 1.97. The minimum absolute atomic E-state index is 0. The number of nitrogens with one attached hydrogen (secondary N) is 3. The summed E-state index contributed by atoms with van der Waals surface area (Å²) in [7, 11) is 0. The molecule has 3 N–H and O–H groups in total. The molecule has 1 saturated heterocycles. The molecule has 1 aliphatic rings. The van der Waals surface area contributed by atoms with Gasteiger partial charge in [0.05, 0.1) is 0 Å². The first-order valence-corrected chi connectivity index (χ1v) is 7.00. The smallest absolute Gasteiger partial charge is 0.325 e. The van der Waals surface area contributed by atoms with E-state index in [-0.39, 0.29) is 36.8 Å². The van der Waals surface area contributed by atoms with Crippen LogP contribution in [0.2, 0.25) is 0 Å². The van der Waals surface area contributed by atoms with Crippen molar-refractivity contribution < 1.29 is 14.4 Å². The second-order valence-corrected chi connectivity index (χ2v) is 5.32. The van der Waals surface area contributed by atoms with E-state index in [4.69, 9.17) is 0 Å². The van der Waals surface area contributed by atoms with Crippen molar-refractivity contribution in [2.45, 2.75) is 39.2 Å². The summed E-state index contributed by atoms with van der Waals surface area (Å²) in [5.74, 6) is -0.302. The molecule has 0 atom stereocenters. The second-order valence-electron chi connectivity index (χ2n) is 5.32. The minimum atomic E-state index is -0.842. The Bertz CT molecular complexity index is 388. The molecule has 0 saturated carbocycles. The summed E-state index contributed by atoms with van der Waals surface area (Å²) in [6, 6.07) is -0.382. The van der Waals surface area contributed by atoms with E-state index < -0.39 is 5.54 Å². The van der Waals surface area contributed by atoms with Crippen LogP contribution < -0.4 is 16.0 Å². The third-order valence-electron chi connectivity index (χ3n) is 3.10. The molecule has 0 aromatic rings. The third-order valence-corrected chi connectivity index (χ3v) is 3.10. The highest BCUT2D eigenvalue weighted by Crippen LogP contribution is 2.16. The second kappa shape index (κ2) is 8.84. The predicted molar refractivity (Wildman–Crippen MR) is 82.4 cm³/mol. The molecule has 1 aliphatic heterocycles. The van der Waals surface area contributed by atoms with Gasteiger partial charge < -0.3 is 16.0 Å². The Balaban J connectivity index is 0.00000400. The molecular formula is C13H25ClN4O3. The number of carbonyl (C=O) groups is 3. The summed E-state index contributed by atoms with van der Waals surface area (Å²) in [4.78, 5) is 36.2. The van der Waals surface area contributed by atoms with Gasteiger partial charge in [0.1, 0.15) is 5.54 Å². The summed E-state index contributed by atoms with van der Waals surface area (Å²) in [5, 5.41) is 8.49. The highest BCUT2D eigenvalue weighted by atomic mass is 35.5. The number of amides is 4. The summed E-state index contributed by atoms with van der Waals surface area (Å²) in [5.41, 5.74) is -0.842. The van der Waals surface area contributed by atoms with Gasteiger partial charge in [0, 0.05) is 26.1 Å². The zero-order valence-electron chi connectivity index (χ0n) is 12.8. The summed E-state index contributed by atoms with van der Waals surface area (Å²) in [6.07, 6.45) is 0.784. The van der Waals surface area contributed by atoms with E-state index in [0.717, 1.165) is 13.1 Å². The normalized spacial score (nSPS) is 16.4. The van der Waals surface area contributed by atoms with Gasteiger partial charge in [0.15, 0.2) is 0 Å². The Morgan fingerprint density at radius 1 is 1.29 bits per heavy atom. The van der Waals surface area contributed by atoms with E-state index in [1.165, 1.54) is 4.90 Å². The van der Waals surface area contributed by atoms with Crippen LogP contribution in [0.5, 0.6) is 0 Å². The maximum absolute atomic E-state index is 11.9. The van der Waals surface area contributed by atoms with E-state index in [1.807, 2.05) is 6.92 Å². The lowest BCUT2D eigenvalue weighted by Gasteiger charge is -2.15. The maximum Gasteiger partial charge on any atom is 0.325 e. The van der Waals surface area contributed by atoms with Crippen LogP contribution in [0.3, 0.4) is 0 Å². The number of nitrogens with zero attached hydrogens (tertiary/aromatic N) is 1. The van der Waals surface area contributed by atoms with Crippen LogP contribution in [0.25, 0.3) is 0 Å². The van der Waals surface area contributed by atoms with Crippen molar-refractivity contribution >= 4 is 30.3 Å². The molecule has 1 fully saturated rings. The Hall–Kier alpha value is -1.34. The van der Waals surface area contributed by atoms with Gasteiger partial charge in [-0.05, 0) is 26.8 Å². The largest absolute Gasteiger partial charge is 0.355 e. The molecule has 0 aromatic carbocycles. The molecule has 1 rings (SSSR count). The number of halogens is 1. The highest BCUT2D eigenvalue weighted by molar-refractivity contribution is 6.06.